The summed E-state index contributed by atoms with van der Waals surface area (Å²) in [5.41, 5.74) is 1.36. The highest BCUT2D eigenvalue weighted by molar-refractivity contribution is 7.15. The van der Waals surface area contributed by atoms with Crippen molar-refractivity contribution in [1.29, 1.82) is 0 Å². The largest absolute Gasteiger partial charge is 0.373 e. The summed E-state index contributed by atoms with van der Waals surface area (Å²) in [6.45, 7) is 1.95. The SMILES string of the molecule is CNc1cc(C(=O)Nc2ncc(C)s2)c2ccccc2n1. The standard InChI is InChI=1S/C15H14N4OS/c1-9-8-17-15(21-9)19-14(20)11-7-13(16-2)18-12-6-4-3-5-10(11)12/h3-8H,1-2H3,(H,16,18)(H,17,19,20). The summed E-state index contributed by atoms with van der Waals surface area (Å²) in [6.07, 6.45) is 1.74. The Bertz CT molecular complexity index is 812. The zero-order valence-corrected chi connectivity index (χ0v) is 12.5. The molecule has 2 aromatic heterocycles. The first-order valence-corrected chi connectivity index (χ1v) is 7.30. The Morgan fingerprint density at radius 1 is 1.29 bits per heavy atom. The second-order valence-electron chi connectivity index (χ2n) is 4.55. The van der Waals surface area contributed by atoms with Crippen LogP contribution in [0.4, 0.5) is 10.9 Å². The maximum absolute atomic E-state index is 12.5. The minimum Gasteiger partial charge on any atom is -0.373 e. The van der Waals surface area contributed by atoms with E-state index in [-0.39, 0.29) is 5.91 Å². The lowest BCUT2D eigenvalue weighted by Gasteiger charge is -2.08. The topological polar surface area (TPSA) is 66.9 Å². The normalized spacial score (nSPS) is 10.6. The summed E-state index contributed by atoms with van der Waals surface area (Å²) in [5, 5.41) is 7.24. The van der Waals surface area contributed by atoms with Gasteiger partial charge in [-0.25, -0.2) is 9.97 Å². The van der Waals surface area contributed by atoms with Gasteiger partial charge in [0.2, 0.25) is 0 Å². The van der Waals surface area contributed by atoms with Gasteiger partial charge >= 0.3 is 0 Å². The van der Waals surface area contributed by atoms with E-state index in [1.54, 1.807) is 19.3 Å². The number of benzene rings is 1. The smallest absolute Gasteiger partial charge is 0.258 e. The average Bonchev–Trinajstić information content (AvgIpc) is 2.91. The molecule has 0 aliphatic rings. The van der Waals surface area contributed by atoms with E-state index in [0.717, 1.165) is 15.8 Å². The lowest BCUT2D eigenvalue weighted by molar-refractivity contribution is 0.102. The van der Waals surface area contributed by atoms with Gasteiger partial charge in [-0.15, -0.1) is 11.3 Å². The molecule has 0 fully saturated rings. The average molecular weight is 298 g/mol. The van der Waals surface area contributed by atoms with Crippen molar-refractivity contribution in [2.75, 3.05) is 17.7 Å². The number of carbonyl (C=O) groups is 1. The zero-order valence-electron chi connectivity index (χ0n) is 11.7. The molecule has 0 unspecified atom stereocenters. The highest BCUT2D eigenvalue weighted by atomic mass is 32.1. The van der Waals surface area contributed by atoms with Gasteiger partial charge in [-0.05, 0) is 19.1 Å². The molecule has 0 aliphatic heterocycles. The Morgan fingerprint density at radius 2 is 2.10 bits per heavy atom. The number of pyridine rings is 1. The lowest BCUT2D eigenvalue weighted by atomic mass is 10.1. The quantitative estimate of drug-likeness (QED) is 0.778. The molecule has 106 valence electrons. The number of nitrogens with one attached hydrogen (secondary N) is 2. The molecular weight excluding hydrogens is 284 g/mol. The van der Waals surface area contributed by atoms with Crippen molar-refractivity contribution in [1.82, 2.24) is 9.97 Å². The summed E-state index contributed by atoms with van der Waals surface area (Å²) in [6, 6.07) is 9.33. The minimum atomic E-state index is -0.181. The number of hydrogen-bond acceptors (Lipinski definition) is 5. The molecule has 3 aromatic rings. The molecule has 2 N–H and O–H groups in total. The second kappa shape index (κ2) is 5.49. The number of aromatic nitrogens is 2. The number of para-hydroxylation sites is 1. The highest BCUT2D eigenvalue weighted by Gasteiger charge is 2.14. The molecule has 0 spiro atoms. The van der Waals surface area contributed by atoms with Crippen LogP contribution in [0.15, 0.2) is 36.5 Å². The predicted molar refractivity (Wildman–Crippen MR) is 86.1 cm³/mol. The second-order valence-corrected chi connectivity index (χ2v) is 5.79. The fourth-order valence-corrected chi connectivity index (χ4v) is 2.73. The van der Waals surface area contributed by atoms with Crippen molar-refractivity contribution in [3.05, 3.63) is 47.0 Å². The van der Waals surface area contributed by atoms with Crippen LogP contribution in [0.3, 0.4) is 0 Å². The number of aryl methyl sites for hydroxylation is 1. The number of nitrogens with zero attached hydrogens (tertiary/aromatic N) is 2. The number of carbonyl (C=O) groups excluding carboxylic acids is 1. The lowest BCUT2D eigenvalue weighted by Crippen LogP contribution is -2.13. The summed E-state index contributed by atoms with van der Waals surface area (Å²) in [5.74, 6) is 0.480. The number of anilines is 2. The van der Waals surface area contributed by atoms with E-state index < -0.39 is 0 Å². The molecule has 0 radical (unpaired) electrons. The van der Waals surface area contributed by atoms with Crippen molar-refractivity contribution in [3.8, 4) is 0 Å². The zero-order chi connectivity index (χ0) is 14.8. The van der Waals surface area contributed by atoms with Gasteiger partial charge in [0, 0.05) is 23.5 Å². The van der Waals surface area contributed by atoms with E-state index in [4.69, 9.17) is 0 Å². The monoisotopic (exact) mass is 298 g/mol. The van der Waals surface area contributed by atoms with Crippen LogP contribution >= 0.6 is 11.3 Å². The van der Waals surface area contributed by atoms with Gasteiger partial charge in [0.15, 0.2) is 5.13 Å². The summed E-state index contributed by atoms with van der Waals surface area (Å²) in [4.78, 5) is 22.2. The molecule has 0 atom stereocenters. The van der Waals surface area contributed by atoms with Crippen LogP contribution < -0.4 is 10.6 Å². The van der Waals surface area contributed by atoms with E-state index in [1.807, 2.05) is 31.2 Å². The maximum atomic E-state index is 12.5. The minimum absolute atomic E-state index is 0.181. The van der Waals surface area contributed by atoms with Crippen LogP contribution in [-0.4, -0.2) is 22.9 Å². The Labute approximate surface area is 126 Å². The van der Waals surface area contributed by atoms with Crippen LogP contribution in [0.5, 0.6) is 0 Å². The van der Waals surface area contributed by atoms with Gasteiger partial charge < -0.3 is 5.32 Å². The molecule has 3 rings (SSSR count). The predicted octanol–water partition coefficient (Wildman–Crippen LogP) is 3.29. The van der Waals surface area contributed by atoms with Crippen molar-refractivity contribution >= 4 is 39.1 Å². The van der Waals surface area contributed by atoms with E-state index in [0.29, 0.717) is 16.5 Å². The molecule has 2 heterocycles. The van der Waals surface area contributed by atoms with Crippen molar-refractivity contribution < 1.29 is 4.79 Å². The van der Waals surface area contributed by atoms with Gasteiger partial charge in [-0.2, -0.15) is 0 Å². The number of fused-ring (bicyclic) bond motifs is 1. The van der Waals surface area contributed by atoms with Crippen molar-refractivity contribution in [2.24, 2.45) is 0 Å². The first kappa shape index (κ1) is 13.5. The van der Waals surface area contributed by atoms with E-state index in [9.17, 15) is 4.79 Å². The third-order valence-electron chi connectivity index (χ3n) is 3.06. The highest BCUT2D eigenvalue weighted by Crippen LogP contribution is 2.23. The van der Waals surface area contributed by atoms with E-state index in [2.05, 4.69) is 20.6 Å². The molecule has 1 aromatic carbocycles. The molecule has 0 saturated heterocycles. The van der Waals surface area contributed by atoms with Crippen LogP contribution in [0, 0.1) is 6.92 Å². The van der Waals surface area contributed by atoms with Gasteiger partial charge in [0.1, 0.15) is 5.82 Å². The van der Waals surface area contributed by atoms with Crippen molar-refractivity contribution in [3.63, 3.8) is 0 Å². The third-order valence-corrected chi connectivity index (χ3v) is 3.89. The number of thiazole rings is 1. The fourth-order valence-electron chi connectivity index (χ4n) is 2.07. The number of hydrogen-bond donors (Lipinski definition) is 2. The first-order chi connectivity index (χ1) is 10.2. The van der Waals surface area contributed by atoms with E-state index >= 15 is 0 Å². The molecule has 1 amide bonds. The Kier molecular flexibility index (Phi) is 3.53. The summed E-state index contributed by atoms with van der Waals surface area (Å²) >= 11 is 1.45. The van der Waals surface area contributed by atoms with Gasteiger partial charge in [0.05, 0.1) is 11.1 Å². The van der Waals surface area contributed by atoms with Gasteiger partial charge in [-0.1, -0.05) is 18.2 Å². The van der Waals surface area contributed by atoms with Crippen LogP contribution in [0.1, 0.15) is 15.2 Å². The number of rotatable bonds is 3. The fraction of sp³-hybridized carbons (Fsp3) is 0.133. The van der Waals surface area contributed by atoms with Crippen LogP contribution in [-0.2, 0) is 0 Å². The molecule has 5 nitrogen and oxygen atoms in total. The molecule has 0 aliphatic carbocycles. The van der Waals surface area contributed by atoms with Gasteiger partial charge in [0.25, 0.3) is 5.91 Å². The summed E-state index contributed by atoms with van der Waals surface area (Å²) < 4.78 is 0. The number of amides is 1. The maximum Gasteiger partial charge on any atom is 0.258 e. The van der Waals surface area contributed by atoms with E-state index in [1.165, 1.54) is 11.3 Å². The Balaban J connectivity index is 2.03. The Hall–Kier alpha value is -2.47. The molecular formula is C15H14N4OS. The Morgan fingerprint density at radius 3 is 2.81 bits per heavy atom. The molecule has 21 heavy (non-hydrogen) atoms. The van der Waals surface area contributed by atoms with Crippen molar-refractivity contribution in [2.45, 2.75) is 6.92 Å². The van der Waals surface area contributed by atoms with Crippen LogP contribution in [0.2, 0.25) is 0 Å². The summed E-state index contributed by atoms with van der Waals surface area (Å²) in [7, 11) is 1.78. The molecule has 0 bridgehead atoms. The van der Waals surface area contributed by atoms with Gasteiger partial charge in [-0.3, -0.25) is 10.1 Å². The third kappa shape index (κ3) is 2.71. The van der Waals surface area contributed by atoms with Crippen LogP contribution in [0.25, 0.3) is 10.9 Å². The first-order valence-electron chi connectivity index (χ1n) is 6.48. The molecule has 0 saturated carbocycles. The molecule has 6 heteroatoms.